The van der Waals surface area contributed by atoms with Crippen LogP contribution in [0.15, 0.2) is 47.1 Å². The van der Waals surface area contributed by atoms with E-state index in [1.54, 1.807) is 12.4 Å². The first-order valence-electron chi connectivity index (χ1n) is 7.27. The Kier molecular flexibility index (Phi) is 4.88. The van der Waals surface area contributed by atoms with Crippen LogP contribution in [0.25, 0.3) is 11.5 Å². The van der Waals surface area contributed by atoms with E-state index in [1.165, 1.54) is 0 Å². The Hall–Kier alpha value is -2.40. The van der Waals surface area contributed by atoms with Gasteiger partial charge in [0.1, 0.15) is 5.76 Å². The smallest absolute Gasteiger partial charge is 0.232 e. The third-order valence-electron chi connectivity index (χ3n) is 3.32. The molecule has 0 spiro atoms. The number of hydrogen-bond donors (Lipinski definition) is 0. The lowest BCUT2D eigenvalue weighted by Crippen LogP contribution is -2.04. The molecule has 0 atom stereocenters. The van der Waals surface area contributed by atoms with Crippen LogP contribution in [0, 0.1) is 6.92 Å². The van der Waals surface area contributed by atoms with E-state index < -0.39 is 0 Å². The highest BCUT2D eigenvalue weighted by molar-refractivity contribution is 6.16. The Bertz CT molecular complexity index is 757. The number of oxazole rings is 1. The van der Waals surface area contributed by atoms with Gasteiger partial charge in [-0.3, -0.25) is 4.98 Å². The molecule has 0 saturated carbocycles. The van der Waals surface area contributed by atoms with Crippen molar-refractivity contribution >= 4 is 11.6 Å². The summed E-state index contributed by atoms with van der Waals surface area (Å²) in [6, 6.07) is 9.82. The molecule has 0 unspecified atom stereocenters. The van der Waals surface area contributed by atoms with Crippen molar-refractivity contribution < 1.29 is 9.15 Å². The second kappa shape index (κ2) is 7.24. The van der Waals surface area contributed by atoms with Crippen molar-refractivity contribution in [3.63, 3.8) is 0 Å². The number of aryl methyl sites for hydroxylation is 1. The quantitative estimate of drug-likeness (QED) is 0.644. The molecule has 5 nitrogen and oxygen atoms in total. The van der Waals surface area contributed by atoms with Gasteiger partial charge in [0.2, 0.25) is 11.8 Å². The number of alkyl halides is 1. The molecule has 0 aliphatic carbocycles. The van der Waals surface area contributed by atoms with E-state index in [9.17, 15) is 0 Å². The molecule has 0 amide bonds. The number of ether oxygens (including phenoxy) is 1. The normalized spacial score (nSPS) is 10.7. The first kappa shape index (κ1) is 15.5. The maximum Gasteiger partial charge on any atom is 0.232 e. The third kappa shape index (κ3) is 3.87. The molecule has 6 heteroatoms. The van der Waals surface area contributed by atoms with Crippen LogP contribution in [0.5, 0.6) is 5.88 Å². The summed E-state index contributed by atoms with van der Waals surface area (Å²) in [4.78, 5) is 12.8. The van der Waals surface area contributed by atoms with Gasteiger partial charge in [0.05, 0.1) is 36.3 Å². The van der Waals surface area contributed by atoms with Crippen LogP contribution in [-0.2, 0) is 12.3 Å². The Labute approximate surface area is 139 Å². The SMILES string of the molecule is Cc1oc(-c2ccccc2)nc1CCOc1cnc(CCl)cn1. The first-order valence-corrected chi connectivity index (χ1v) is 7.81. The fourth-order valence-electron chi connectivity index (χ4n) is 2.10. The molecule has 2 heterocycles. The minimum absolute atomic E-state index is 0.341. The van der Waals surface area contributed by atoms with Gasteiger partial charge in [-0.2, -0.15) is 0 Å². The average Bonchev–Trinajstić information content (AvgIpc) is 2.97. The van der Waals surface area contributed by atoms with Crippen molar-refractivity contribution in [1.82, 2.24) is 15.0 Å². The van der Waals surface area contributed by atoms with Gasteiger partial charge in [0, 0.05) is 12.0 Å². The molecule has 0 saturated heterocycles. The second-order valence-corrected chi connectivity index (χ2v) is 5.23. The summed E-state index contributed by atoms with van der Waals surface area (Å²) < 4.78 is 11.3. The summed E-state index contributed by atoms with van der Waals surface area (Å²) in [5, 5.41) is 0. The predicted molar refractivity (Wildman–Crippen MR) is 87.5 cm³/mol. The molecule has 0 fully saturated rings. The molecule has 0 aliphatic heterocycles. The molecule has 1 aromatic carbocycles. The Morgan fingerprint density at radius 3 is 2.65 bits per heavy atom. The highest BCUT2D eigenvalue weighted by atomic mass is 35.5. The Morgan fingerprint density at radius 2 is 1.96 bits per heavy atom. The molecule has 23 heavy (non-hydrogen) atoms. The highest BCUT2D eigenvalue weighted by Crippen LogP contribution is 2.21. The molecule has 118 valence electrons. The van der Waals surface area contributed by atoms with Gasteiger partial charge in [-0.15, -0.1) is 11.6 Å². The summed E-state index contributed by atoms with van der Waals surface area (Å²) in [6.07, 6.45) is 3.82. The van der Waals surface area contributed by atoms with E-state index in [0.717, 1.165) is 22.7 Å². The zero-order valence-corrected chi connectivity index (χ0v) is 13.5. The van der Waals surface area contributed by atoms with Crippen LogP contribution in [0.2, 0.25) is 0 Å². The van der Waals surface area contributed by atoms with Crippen LogP contribution >= 0.6 is 11.6 Å². The number of hydrogen-bond acceptors (Lipinski definition) is 5. The van der Waals surface area contributed by atoms with E-state index in [2.05, 4.69) is 15.0 Å². The summed E-state index contributed by atoms with van der Waals surface area (Å²) in [5.74, 6) is 2.25. The van der Waals surface area contributed by atoms with E-state index in [-0.39, 0.29) is 0 Å². The predicted octanol–water partition coefficient (Wildman–Crippen LogP) is 3.80. The van der Waals surface area contributed by atoms with E-state index in [0.29, 0.717) is 30.7 Å². The van der Waals surface area contributed by atoms with Crippen LogP contribution < -0.4 is 4.74 Å². The van der Waals surface area contributed by atoms with E-state index in [4.69, 9.17) is 20.8 Å². The van der Waals surface area contributed by atoms with Crippen molar-refractivity contribution in [3.8, 4) is 17.3 Å². The monoisotopic (exact) mass is 329 g/mol. The summed E-state index contributed by atoms with van der Waals surface area (Å²) in [6.45, 7) is 2.36. The van der Waals surface area contributed by atoms with Crippen LogP contribution in [0.1, 0.15) is 17.1 Å². The van der Waals surface area contributed by atoms with Gasteiger partial charge in [-0.05, 0) is 19.1 Å². The maximum absolute atomic E-state index is 5.72. The van der Waals surface area contributed by atoms with Gasteiger partial charge in [0.25, 0.3) is 0 Å². The first-order chi connectivity index (χ1) is 11.3. The maximum atomic E-state index is 5.72. The number of aromatic nitrogens is 3. The standard InChI is InChI=1S/C17H16ClN3O2/c1-12-15(21-17(23-12)13-5-3-2-4-6-13)7-8-22-16-11-19-14(9-18)10-20-16/h2-6,10-11H,7-9H2,1H3. The zero-order chi connectivity index (χ0) is 16.1. The number of rotatable bonds is 6. The Morgan fingerprint density at radius 1 is 1.13 bits per heavy atom. The number of nitrogens with zero attached hydrogens (tertiary/aromatic N) is 3. The van der Waals surface area contributed by atoms with Crippen LogP contribution in [-0.4, -0.2) is 21.6 Å². The summed E-state index contributed by atoms with van der Waals surface area (Å²) in [5.41, 5.74) is 2.57. The lowest BCUT2D eigenvalue weighted by molar-refractivity contribution is 0.306. The lowest BCUT2D eigenvalue weighted by Gasteiger charge is -2.03. The van der Waals surface area contributed by atoms with Gasteiger partial charge in [0.15, 0.2) is 0 Å². The summed E-state index contributed by atoms with van der Waals surface area (Å²) >= 11 is 5.67. The lowest BCUT2D eigenvalue weighted by atomic mass is 10.2. The average molecular weight is 330 g/mol. The third-order valence-corrected chi connectivity index (χ3v) is 3.59. The molecule has 0 radical (unpaired) electrons. The van der Waals surface area contributed by atoms with Gasteiger partial charge >= 0.3 is 0 Å². The van der Waals surface area contributed by atoms with Crippen molar-refractivity contribution in [3.05, 3.63) is 59.9 Å². The van der Waals surface area contributed by atoms with Crippen molar-refractivity contribution in [2.75, 3.05) is 6.61 Å². The zero-order valence-electron chi connectivity index (χ0n) is 12.7. The van der Waals surface area contributed by atoms with Crippen molar-refractivity contribution in [2.24, 2.45) is 0 Å². The highest BCUT2D eigenvalue weighted by Gasteiger charge is 2.11. The minimum Gasteiger partial charge on any atom is -0.476 e. The molecule has 0 aliphatic rings. The molecule has 3 rings (SSSR count). The van der Waals surface area contributed by atoms with Crippen LogP contribution in [0.4, 0.5) is 0 Å². The second-order valence-electron chi connectivity index (χ2n) is 4.97. The molecule has 2 aromatic heterocycles. The number of halogens is 1. The van der Waals surface area contributed by atoms with Gasteiger partial charge < -0.3 is 9.15 Å². The molecule has 0 N–H and O–H groups in total. The van der Waals surface area contributed by atoms with E-state index in [1.807, 2.05) is 37.3 Å². The van der Waals surface area contributed by atoms with Crippen molar-refractivity contribution in [1.29, 1.82) is 0 Å². The largest absolute Gasteiger partial charge is 0.476 e. The fraction of sp³-hybridized carbons (Fsp3) is 0.235. The molecule has 0 bridgehead atoms. The van der Waals surface area contributed by atoms with Gasteiger partial charge in [-0.25, -0.2) is 9.97 Å². The van der Waals surface area contributed by atoms with Gasteiger partial charge in [-0.1, -0.05) is 18.2 Å². The molecular weight excluding hydrogens is 314 g/mol. The fourth-order valence-corrected chi connectivity index (χ4v) is 2.24. The van der Waals surface area contributed by atoms with Crippen LogP contribution in [0.3, 0.4) is 0 Å². The number of benzene rings is 1. The molecular formula is C17H16ClN3O2. The van der Waals surface area contributed by atoms with E-state index >= 15 is 0 Å². The summed E-state index contributed by atoms with van der Waals surface area (Å²) in [7, 11) is 0. The van der Waals surface area contributed by atoms with Crippen molar-refractivity contribution in [2.45, 2.75) is 19.2 Å². The topological polar surface area (TPSA) is 61.0 Å². The molecule has 3 aromatic rings. The Balaban J connectivity index is 1.61. The minimum atomic E-state index is 0.341.